The number of amides is 1. The Morgan fingerprint density at radius 1 is 1.21 bits per heavy atom. The van der Waals surface area contributed by atoms with Crippen LogP contribution in [0.4, 0.5) is 5.69 Å². The third-order valence-electron chi connectivity index (χ3n) is 4.65. The second-order valence-corrected chi connectivity index (χ2v) is 8.72. The van der Waals surface area contributed by atoms with Gasteiger partial charge >= 0.3 is 5.97 Å². The molecule has 2 aromatic rings. The zero-order valence-electron chi connectivity index (χ0n) is 16.7. The average molecular weight is 400 g/mol. The lowest BCUT2D eigenvalue weighted by molar-refractivity contribution is -0.165. The number of rotatable bonds is 4. The summed E-state index contributed by atoms with van der Waals surface area (Å²) in [4.78, 5) is 28.7. The zero-order chi connectivity index (χ0) is 20.5. The minimum Gasteiger partial charge on any atom is -0.497 e. The smallest absolute Gasteiger partial charge is 0.327 e. The number of hydrogen-bond donors (Lipinski definition) is 0. The van der Waals surface area contributed by atoms with Crippen molar-refractivity contribution >= 4 is 28.9 Å². The predicted molar refractivity (Wildman–Crippen MR) is 111 cm³/mol. The fourth-order valence-electron chi connectivity index (χ4n) is 3.38. The van der Waals surface area contributed by atoms with Crippen LogP contribution in [0.3, 0.4) is 0 Å². The van der Waals surface area contributed by atoms with E-state index in [2.05, 4.69) is 6.58 Å². The quantitative estimate of drug-likeness (QED) is 0.436. The Bertz CT molecular complexity index is 880. The molecular formula is C22H25NO4S. The molecule has 3 rings (SSSR count). The van der Waals surface area contributed by atoms with Crippen LogP contribution in [0.2, 0.25) is 0 Å². The van der Waals surface area contributed by atoms with E-state index >= 15 is 0 Å². The van der Waals surface area contributed by atoms with Crippen molar-refractivity contribution in [2.45, 2.75) is 38.2 Å². The van der Waals surface area contributed by atoms with Gasteiger partial charge in [-0.2, -0.15) is 11.3 Å². The van der Waals surface area contributed by atoms with Crippen molar-refractivity contribution in [3.8, 4) is 5.75 Å². The van der Waals surface area contributed by atoms with Crippen LogP contribution in [0.1, 0.15) is 32.8 Å². The highest BCUT2D eigenvalue weighted by Gasteiger charge is 2.55. The van der Waals surface area contributed by atoms with Gasteiger partial charge in [-0.25, -0.2) is 0 Å². The van der Waals surface area contributed by atoms with Gasteiger partial charge in [0, 0.05) is 12.2 Å². The summed E-state index contributed by atoms with van der Waals surface area (Å²) < 4.78 is 10.9. The van der Waals surface area contributed by atoms with Gasteiger partial charge in [0.2, 0.25) is 5.91 Å². The number of carbonyl (C=O) groups is 2. The van der Waals surface area contributed by atoms with Crippen LogP contribution in [-0.2, 0) is 19.7 Å². The van der Waals surface area contributed by atoms with E-state index in [1.165, 1.54) is 11.3 Å². The van der Waals surface area contributed by atoms with E-state index in [1.807, 2.05) is 29.0 Å². The maximum Gasteiger partial charge on any atom is 0.327 e. The van der Waals surface area contributed by atoms with Crippen molar-refractivity contribution in [3.63, 3.8) is 0 Å². The monoisotopic (exact) mass is 399 g/mol. The van der Waals surface area contributed by atoms with Crippen molar-refractivity contribution in [1.82, 2.24) is 0 Å². The molecule has 0 aliphatic carbocycles. The van der Waals surface area contributed by atoms with Crippen molar-refractivity contribution < 1.29 is 19.1 Å². The highest BCUT2D eigenvalue weighted by Crippen LogP contribution is 2.42. The van der Waals surface area contributed by atoms with Gasteiger partial charge in [-0.1, -0.05) is 12.2 Å². The van der Waals surface area contributed by atoms with E-state index in [0.29, 0.717) is 23.5 Å². The Balaban J connectivity index is 2.08. The van der Waals surface area contributed by atoms with Gasteiger partial charge in [-0.3, -0.25) is 9.59 Å². The number of anilines is 1. The molecule has 0 radical (unpaired) electrons. The van der Waals surface area contributed by atoms with Crippen LogP contribution < -0.4 is 9.64 Å². The van der Waals surface area contributed by atoms with Crippen LogP contribution in [-0.4, -0.2) is 31.1 Å². The summed E-state index contributed by atoms with van der Waals surface area (Å²) in [7, 11) is 1.59. The first kappa shape index (κ1) is 20.1. The number of piperidine rings is 1. The summed E-state index contributed by atoms with van der Waals surface area (Å²) in [6.07, 6.45) is 0.240. The molecule has 1 fully saturated rings. The molecule has 2 heterocycles. The molecule has 1 saturated heterocycles. The minimum absolute atomic E-state index is 0.240. The van der Waals surface area contributed by atoms with Crippen LogP contribution in [0.15, 0.2) is 53.2 Å². The van der Waals surface area contributed by atoms with Crippen LogP contribution in [0.5, 0.6) is 5.75 Å². The van der Waals surface area contributed by atoms with E-state index in [9.17, 15) is 9.59 Å². The summed E-state index contributed by atoms with van der Waals surface area (Å²) in [5.74, 6) is -0.135. The lowest BCUT2D eigenvalue weighted by Gasteiger charge is -2.41. The molecule has 1 aromatic heterocycles. The van der Waals surface area contributed by atoms with Crippen LogP contribution in [0, 0.1) is 0 Å². The van der Waals surface area contributed by atoms with Gasteiger partial charge in [0.1, 0.15) is 11.4 Å². The number of ether oxygens (including phenoxy) is 2. The number of methoxy groups -OCH3 is 1. The molecule has 1 aromatic carbocycles. The van der Waals surface area contributed by atoms with E-state index in [-0.39, 0.29) is 12.3 Å². The van der Waals surface area contributed by atoms with E-state index in [4.69, 9.17) is 9.47 Å². The maximum absolute atomic E-state index is 13.7. The molecule has 1 atom stereocenters. The van der Waals surface area contributed by atoms with E-state index in [0.717, 1.165) is 5.57 Å². The van der Waals surface area contributed by atoms with Gasteiger partial charge < -0.3 is 14.4 Å². The Morgan fingerprint density at radius 3 is 2.43 bits per heavy atom. The number of benzene rings is 1. The Morgan fingerprint density at radius 2 is 1.89 bits per heavy atom. The van der Waals surface area contributed by atoms with Gasteiger partial charge in [0.05, 0.1) is 7.11 Å². The van der Waals surface area contributed by atoms with Crippen molar-refractivity contribution in [1.29, 1.82) is 0 Å². The molecule has 1 amide bonds. The maximum atomic E-state index is 13.7. The van der Waals surface area contributed by atoms with E-state index in [1.54, 1.807) is 44.9 Å². The molecule has 1 aliphatic rings. The molecule has 0 spiro atoms. The van der Waals surface area contributed by atoms with Crippen LogP contribution in [0.25, 0.3) is 0 Å². The summed E-state index contributed by atoms with van der Waals surface area (Å²) in [6.45, 7) is 9.88. The summed E-state index contributed by atoms with van der Waals surface area (Å²) in [5.41, 5.74) is 0.00512. The number of carbonyl (C=O) groups excluding carboxylic acids is 2. The molecule has 0 unspecified atom stereocenters. The topological polar surface area (TPSA) is 55.8 Å². The first-order valence-corrected chi connectivity index (χ1v) is 10.0. The SMILES string of the molecule is C=C1CN(c2ccc(OC)cc2)C(=O)[C@@](C(=O)OC(C)(C)C)(c2ccsc2)C1. The molecule has 6 heteroatoms. The predicted octanol–water partition coefficient (Wildman–Crippen LogP) is 4.33. The third-order valence-corrected chi connectivity index (χ3v) is 5.34. The summed E-state index contributed by atoms with van der Waals surface area (Å²) in [5, 5.41) is 3.70. The third kappa shape index (κ3) is 3.69. The second-order valence-electron chi connectivity index (χ2n) is 7.94. The van der Waals surface area contributed by atoms with Gasteiger partial charge in [0.15, 0.2) is 5.41 Å². The van der Waals surface area contributed by atoms with Gasteiger partial charge in [-0.15, -0.1) is 0 Å². The lowest BCUT2D eigenvalue weighted by Crippen LogP contribution is -2.58. The fraction of sp³-hybridized carbons (Fsp3) is 0.364. The highest BCUT2D eigenvalue weighted by atomic mass is 32.1. The molecule has 0 N–H and O–H groups in total. The van der Waals surface area contributed by atoms with Crippen molar-refractivity contribution in [2.24, 2.45) is 0 Å². The first-order valence-electron chi connectivity index (χ1n) is 9.06. The number of thiophene rings is 1. The zero-order valence-corrected chi connectivity index (χ0v) is 17.5. The minimum atomic E-state index is -1.43. The Hall–Kier alpha value is -2.60. The van der Waals surface area contributed by atoms with Crippen molar-refractivity contribution in [2.75, 3.05) is 18.6 Å². The van der Waals surface area contributed by atoms with Gasteiger partial charge in [-0.05, 0) is 73.8 Å². The first-order chi connectivity index (χ1) is 13.2. The average Bonchev–Trinajstić information content (AvgIpc) is 3.17. The normalized spacial score (nSPS) is 20.2. The van der Waals surface area contributed by atoms with E-state index < -0.39 is 17.0 Å². The second kappa shape index (κ2) is 7.43. The molecule has 0 bridgehead atoms. The molecule has 28 heavy (non-hydrogen) atoms. The Kier molecular flexibility index (Phi) is 5.35. The fourth-order valence-corrected chi connectivity index (χ4v) is 4.11. The molecular weight excluding hydrogens is 374 g/mol. The summed E-state index contributed by atoms with van der Waals surface area (Å²) in [6, 6.07) is 9.02. The van der Waals surface area contributed by atoms with Crippen molar-refractivity contribution in [3.05, 3.63) is 58.8 Å². The molecule has 0 saturated carbocycles. The highest BCUT2D eigenvalue weighted by molar-refractivity contribution is 7.08. The van der Waals surface area contributed by atoms with Crippen LogP contribution >= 0.6 is 11.3 Å². The largest absolute Gasteiger partial charge is 0.497 e. The number of hydrogen-bond acceptors (Lipinski definition) is 5. The molecule has 148 valence electrons. The standard InChI is InChI=1S/C22H25NO4S/c1-15-12-22(16-10-11-28-14-16,20(25)27-21(2,3)4)19(24)23(13-15)17-6-8-18(26-5)9-7-17/h6-11,14H,1,12-13H2,2-5H3/t22-/m0/s1. The lowest BCUT2D eigenvalue weighted by atomic mass is 9.72. The summed E-state index contributed by atoms with van der Waals surface area (Å²) >= 11 is 1.45. The Labute approximate surface area is 169 Å². The number of nitrogens with zero attached hydrogens (tertiary/aromatic N) is 1. The molecule has 1 aliphatic heterocycles. The number of esters is 1. The van der Waals surface area contributed by atoms with Gasteiger partial charge in [0.25, 0.3) is 0 Å². The molecule has 5 nitrogen and oxygen atoms in total.